The maximum Gasteiger partial charge on any atom is 0.338 e. The predicted octanol–water partition coefficient (Wildman–Crippen LogP) is 5.50. The van der Waals surface area contributed by atoms with E-state index < -0.39 is 5.97 Å². The van der Waals surface area contributed by atoms with Crippen LogP contribution in [0.15, 0.2) is 46.3 Å². The van der Waals surface area contributed by atoms with Gasteiger partial charge < -0.3 is 14.2 Å². The summed E-state index contributed by atoms with van der Waals surface area (Å²) in [4.78, 5) is 31.4. The third kappa shape index (κ3) is 6.08. The molecule has 0 saturated carbocycles. The summed E-state index contributed by atoms with van der Waals surface area (Å²) in [5.74, 6) is 0.728. The lowest BCUT2D eigenvalue weighted by atomic mass is 10.2. The first-order valence-corrected chi connectivity index (χ1v) is 12.2. The van der Waals surface area contributed by atoms with Crippen LogP contribution in [0.2, 0.25) is 0 Å². The molecule has 1 saturated heterocycles. The maximum absolute atomic E-state index is 12.8. The molecule has 0 bridgehead atoms. The molecule has 7 nitrogen and oxygen atoms in total. The van der Waals surface area contributed by atoms with Gasteiger partial charge in [-0.2, -0.15) is 0 Å². The zero-order valence-corrected chi connectivity index (χ0v) is 22.0. The Morgan fingerprint density at radius 1 is 1.27 bits per heavy atom. The number of esters is 1. The molecular formula is C24H25IN2O5S. The summed E-state index contributed by atoms with van der Waals surface area (Å²) in [7, 11) is 3.27. The third-order valence-corrected chi connectivity index (χ3v) is 6.35. The van der Waals surface area contributed by atoms with Crippen LogP contribution in [0.3, 0.4) is 0 Å². The van der Waals surface area contributed by atoms with Crippen molar-refractivity contribution in [1.29, 1.82) is 0 Å². The van der Waals surface area contributed by atoms with Crippen LogP contribution in [0.25, 0.3) is 6.08 Å². The number of benzene rings is 2. The highest BCUT2D eigenvalue weighted by Crippen LogP contribution is 2.38. The number of carbonyl (C=O) groups excluding carboxylic acids is 2. The average Bonchev–Trinajstić information content (AvgIpc) is 3.03. The van der Waals surface area contributed by atoms with Gasteiger partial charge >= 0.3 is 5.97 Å². The Morgan fingerprint density at radius 2 is 2.03 bits per heavy atom. The Balaban J connectivity index is 1.89. The lowest BCUT2D eigenvalue weighted by Gasteiger charge is -2.16. The molecule has 0 N–H and O–H groups in total. The van der Waals surface area contributed by atoms with Gasteiger partial charge in [0, 0.05) is 7.05 Å². The van der Waals surface area contributed by atoms with Crippen molar-refractivity contribution in [3.63, 3.8) is 0 Å². The maximum atomic E-state index is 12.8. The van der Waals surface area contributed by atoms with Gasteiger partial charge in [-0.15, -0.1) is 0 Å². The minimum Gasteiger partial charge on any atom is -0.493 e. The van der Waals surface area contributed by atoms with Crippen LogP contribution in [0, 0.1) is 3.57 Å². The van der Waals surface area contributed by atoms with Crippen LogP contribution in [-0.4, -0.2) is 48.8 Å². The first-order chi connectivity index (χ1) is 15.7. The minimum atomic E-state index is -0.405. The molecule has 1 amide bonds. The molecule has 0 radical (unpaired) electrons. The van der Waals surface area contributed by atoms with E-state index in [0.717, 1.165) is 9.13 Å². The van der Waals surface area contributed by atoms with E-state index in [0.29, 0.717) is 39.4 Å². The van der Waals surface area contributed by atoms with Crippen molar-refractivity contribution in [2.24, 2.45) is 4.99 Å². The molecule has 2 aromatic carbocycles. The largest absolute Gasteiger partial charge is 0.493 e. The molecule has 1 fully saturated rings. The number of amides is 1. The van der Waals surface area contributed by atoms with Gasteiger partial charge in [0.05, 0.1) is 39.5 Å². The zero-order chi connectivity index (χ0) is 24.1. The lowest BCUT2D eigenvalue weighted by molar-refractivity contribution is -0.121. The van der Waals surface area contributed by atoms with Crippen LogP contribution in [0.5, 0.6) is 11.5 Å². The molecule has 3 rings (SSSR count). The molecule has 0 atom stereocenters. The molecule has 174 valence electrons. The summed E-state index contributed by atoms with van der Waals surface area (Å²) in [5, 5.41) is 0.522. The van der Waals surface area contributed by atoms with Gasteiger partial charge in [-0.1, -0.05) is 6.07 Å². The topological polar surface area (TPSA) is 77.4 Å². The van der Waals surface area contributed by atoms with Gasteiger partial charge in [0.15, 0.2) is 16.7 Å². The van der Waals surface area contributed by atoms with Crippen LogP contribution in [0.1, 0.15) is 36.7 Å². The minimum absolute atomic E-state index is 0.0123. The molecule has 1 aliphatic rings. The van der Waals surface area contributed by atoms with E-state index in [1.54, 1.807) is 45.3 Å². The van der Waals surface area contributed by atoms with Crippen LogP contribution < -0.4 is 9.47 Å². The Labute approximate surface area is 211 Å². The lowest BCUT2D eigenvalue weighted by Crippen LogP contribution is -2.23. The highest BCUT2D eigenvalue weighted by Gasteiger charge is 2.30. The second-order valence-corrected chi connectivity index (χ2v) is 9.51. The van der Waals surface area contributed by atoms with Crippen molar-refractivity contribution in [3.8, 4) is 11.5 Å². The second kappa shape index (κ2) is 11.1. The van der Waals surface area contributed by atoms with Crippen LogP contribution >= 0.6 is 34.4 Å². The van der Waals surface area contributed by atoms with Gasteiger partial charge in [0.25, 0.3) is 5.91 Å². The molecule has 33 heavy (non-hydrogen) atoms. The van der Waals surface area contributed by atoms with Crippen LogP contribution in [0.4, 0.5) is 5.69 Å². The van der Waals surface area contributed by atoms with E-state index in [9.17, 15) is 9.59 Å². The van der Waals surface area contributed by atoms with Gasteiger partial charge in [-0.05, 0) is 97.1 Å². The Kier molecular flexibility index (Phi) is 8.41. The molecule has 9 heteroatoms. The smallest absolute Gasteiger partial charge is 0.338 e. The molecule has 0 unspecified atom stereocenters. The number of thioether (sulfide) groups is 1. The van der Waals surface area contributed by atoms with Crippen molar-refractivity contribution in [2.75, 3.05) is 20.8 Å². The fourth-order valence-corrected chi connectivity index (χ4v) is 4.74. The van der Waals surface area contributed by atoms with Crippen molar-refractivity contribution in [1.82, 2.24) is 4.90 Å². The molecule has 2 aromatic rings. The van der Waals surface area contributed by atoms with Gasteiger partial charge in [0.2, 0.25) is 0 Å². The van der Waals surface area contributed by atoms with E-state index in [1.165, 1.54) is 16.7 Å². The number of methoxy groups -OCH3 is 1. The summed E-state index contributed by atoms with van der Waals surface area (Å²) in [6.45, 7) is 5.97. The first-order valence-electron chi connectivity index (χ1n) is 10.3. The Hall–Kier alpha value is -2.53. The number of hydrogen-bond acceptors (Lipinski definition) is 7. The number of aliphatic imine (C=N–C) groups is 1. The highest BCUT2D eigenvalue weighted by molar-refractivity contribution is 14.1. The van der Waals surface area contributed by atoms with Crippen molar-refractivity contribution < 1.29 is 23.8 Å². The second-order valence-electron chi connectivity index (χ2n) is 7.34. The van der Waals surface area contributed by atoms with Gasteiger partial charge in [0.1, 0.15) is 0 Å². The molecular weight excluding hydrogens is 555 g/mol. The summed E-state index contributed by atoms with van der Waals surface area (Å²) in [6, 6.07) is 10.6. The molecule has 1 aliphatic heterocycles. The fraction of sp³-hybridized carbons (Fsp3) is 0.292. The van der Waals surface area contributed by atoms with E-state index >= 15 is 0 Å². The number of hydrogen-bond donors (Lipinski definition) is 0. The van der Waals surface area contributed by atoms with Gasteiger partial charge in [-0.25, -0.2) is 9.79 Å². The summed E-state index contributed by atoms with van der Waals surface area (Å²) >= 11 is 3.47. The molecule has 0 spiro atoms. The first kappa shape index (κ1) is 25.1. The molecule has 0 aliphatic carbocycles. The van der Waals surface area contributed by atoms with Crippen molar-refractivity contribution in [2.45, 2.75) is 26.9 Å². The number of amidine groups is 1. The highest BCUT2D eigenvalue weighted by atomic mass is 127. The summed E-state index contributed by atoms with van der Waals surface area (Å²) in [5.41, 5.74) is 1.80. The number of likely N-dealkylation sites (N-methyl/N-ethyl adjacent to an activating group) is 1. The number of rotatable bonds is 7. The van der Waals surface area contributed by atoms with E-state index in [4.69, 9.17) is 14.2 Å². The third-order valence-electron chi connectivity index (χ3n) is 4.49. The van der Waals surface area contributed by atoms with E-state index in [2.05, 4.69) is 27.6 Å². The zero-order valence-electron chi connectivity index (χ0n) is 19.0. The SMILES string of the molecule is CCOC(=O)c1cccc(N=C2SC(=Cc3cc(I)c(OC(C)C)c(OC)c3)C(=O)N2C)c1. The number of nitrogens with zero attached hydrogens (tertiary/aromatic N) is 2. The molecule has 0 aromatic heterocycles. The summed E-state index contributed by atoms with van der Waals surface area (Å²) < 4.78 is 17.3. The number of halogens is 1. The normalized spacial score (nSPS) is 16.1. The van der Waals surface area contributed by atoms with Gasteiger partial charge in [-0.3, -0.25) is 9.69 Å². The number of carbonyl (C=O) groups is 2. The van der Waals surface area contributed by atoms with Crippen molar-refractivity contribution in [3.05, 3.63) is 56.0 Å². The average molecular weight is 580 g/mol. The predicted molar refractivity (Wildman–Crippen MR) is 139 cm³/mol. The standard InChI is InChI=1S/C24H25IN2O5S/c1-6-31-23(29)16-8-7-9-17(13-16)26-24-27(4)22(28)20(33-24)12-15-10-18(25)21(32-14(2)3)19(11-15)30-5/h7-14H,6H2,1-5H3. The Morgan fingerprint density at radius 3 is 2.70 bits per heavy atom. The van der Waals surface area contributed by atoms with Crippen molar-refractivity contribution >= 4 is 63.2 Å². The van der Waals surface area contributed by atoms with E-state index in [1.807, 2.05) is 32.1 Å². The summed E-state index contributed by atoms with van der Waals surface area (Å²) in [6.07, 6.45) is 1.82. The van der Waals surface area contributed by atoms with Crippen LogP contribution in [-0.2, 0) is 9.53 Å². The van der Waals surface area contributed by atoms with E-state index in [-0.39, 0.29) is 12.0 Å². The quantitative estimate of drug-likeness (QED) is 0.245. The fourth-order valence-electron chi connectivity index (χ4n) is 3.00. The monoisotopic (exact) mass is 580 g/mol. The Bertz CT molecular complexity index is 1130. The number of ether oxygens (including phenoxy) is 3. The molecule has 1 heterocycles.